The Morgan fingerprint density at radius 2 is 1.65 bits per heavy atom. The molecule has 2 rings (SSSR count). The lowest BCUT2D eigenvalue weighted by atomic mass is 9.70. The van der Waals surface area contributed by atoms with Crippen LogP contribution in [0.25, 0.3) is 0 Å². The van der Waals surface area contributed by atoms with Crippen molar-refractivity contribution >= 4 is 17.9 Å². The Kier molecular flexibility index (Phi) is 13.8. The number of unbranched alkanes of at least 4 members (excludes halogenated alkanes) is 3. The van der Waals surface area contributed by atoms with Gasteiger partial charge in [-0.05, 0) is 50.4 Å². The molecule has 2 aliphatic carbocycles. The maximum atomic E-state index is 11.6. The van der Waals surface area contributed by atoms with Gasteiger partial charge in [0, 0.05) is 22.6 Å². The standard InChI is InChI=1S/C14H22O2.C11H20O2.C3H4O2/c1-9(2)12(15)16-11-8-10-6-7-14(11,5)13(10,3)4;1-4-6-7-8-9-13-11(12)10(3)5-2;1-2-3(4)5/h10-11H,1,6-8H2,2-5H3;3-9H2,1-2H3;2H,1H2,(H,4,5). The van der Waals surface area contributed by atoms with Crippen molar-refractivity contribution in [2.75, 3.05) is 6.61 Å². The van der Waals surface area contributed by atoms with Crippen LogP contribution in [-0.2, 0) is 23.9 Å². The van der Waals surface area contributed by atoms with E-state index in [9.17, 15) is 14.4 Å². The van der Waals surface area contributed by atoms with Crippen LogP contribution in [0.15, 0.2) is 37.0 Å². The molecule has 1 N–H and O–H groups in total. The zero-order valence-electron chi connectivity index (χ0n) is 22.2. The number of fused-ring (bicyclic) bond motifs is 2. The second kappa shape index (κ2) is 14.8. The van der Waals surface area contributed by atoms with Gasteiger partial charge in [0.15, 0.2) is 0 Å². The van der Waals surface area contributed by atoms with E-state index in [0.717, 1.165) is 25.3 Å². The summed E-state index contributed by atoms with van der Waals surface area (Å²) in [5.41, 5.74) is 1.52. The molecule has 194 valence electrons. The first-order chi connectivity index (χ1) is 15.8. The van der Waals surface area contributed by atoms with E-state index in [0.29, 0.717) is 35.5 Å². The summed E-state index contributed by atoms with van der Waals surface area (Å²) in [5, 5.41) is 7.60. The Balaban J connectivity index is 0.000000546. The summed E-state index contributed by atoms with van der Waals surface area (Å²) < 4.78 is 10.6. The number of esters is 2. The summed E-state index contributed by atoms with van der Waals surface area (Å²) in [6.45, 7) is 23.4. The monoisotopic (exact) mass is 478 g/mol. The summed E-state index contributed by atoms with van der Waals surface area (Å²) in [6.07, 6.45) is 9.62. The van der Waals surface area contributed by atoms with Gasteiger partial charge in [-0.1, -0.05) is 73.6 Å². The molecule has 0 spiro atoms. The first-order valence-electron chi connectivity index (χ1n) is 12.3. The smallest absolute Gasteiger partial charge is 0.333 e. The van der Waals surface area contributed by atoms with E-state index < -0.39 is 5.97 Å². The van der Waals surface area contributed by atoms with E-state index in [2.05, 4.69) is 47.4 Å². The minimum absolute atomic E-state index is 0.0884. The number of carbonyl (C=O) groups is 3. The molecule has 3 unspecified atom stereocenters. The fourth-order valence-corrected chi connectivity index (χ4v) is 4.48. The fraction of sp³-hybridized carbons (Fsp3) is 0.679. The van der Waals surface area contributed by atoms with Crippen LogP contribution in [0.4, 0.5) is 0 Å². The number of carbonyl (C=O) groups excluding carboxylic acids is 2. The number of ether oxygens (including phenoxy) is 2. The van der Waals surface area contributed by atoms with E-state index in [1.54, 1.807) is 6.92 Å². The van der Waals surface area contributed by atoms with Gasteiger partial charge in [-0.25, -0.2) is 14.4 Å². The second-order valence-corrected chi connectivity index (χ2v) is 9.98. The van der Waals surface area contributed by atoms with Crippen molar-refractivity contribution in [1.29, 1.82) is 0 Å². The van der Waals surface area contributed by atoms with Gasteiger partial charge in [0.25, 0.3) is 0 Å². The first-order valence-corrected chi connectivity index (χ1v) is 12.3. The fourth-order valence-electron chi connectivity index (χ4n) is 4.48. The van der Waals surface area contributed by atoms with E-state index in [-0.39, 0.29) is 23.5 Å². The van der Waals surface area contributed by atoms with Crippen LogP contribution in [0.5, 0.6) is 0 Å². The molecule has 2 fully saturated rings. The highest BCUT2D eigenvalue weighted by molar-refractivity contribution is 5.87. The van der Waals surface area contributed by atoms with Crippen molar-refractivity contribution in [1.82, 2.24) is 0 Å². The number of carboxylic acid groups (broad SMARTS) is 1. The molecule has 2 saturated carbocycles. The SMILES string of the molecule is C=C(C)C(=O)OC1CC2CCC1(C)C2(C)C.C=C(CC)C(=O)OCCCCCC.C=CC(=O)O. The van der Waals surface area contributed by atoms with Crippen LogP contribution in [0.1, 0.15) is 92.9 Å². The molecule has 0 aromatic rings. The number of aliphatic carboxylic acids is 1. The van der Waals surface area contributed by atoms with Crippen molar-refractivity contribution in [2.45, 2.75) is 99.0 Å². The molecule has 0 amide bonds. The van der Waals surface area contributed by atoms with Gasteiger partial charge in [-0.3, -0.25) is 0 Å². The van der Waals surface area contributed by atoms with Gasteiger partial charge in [0.1, 0.15) is 6.10 Å². The van der Waals surface area contributed by atoms with Crippen LogP contribution in [0, 0.1) is 16.7 Å². The van der Waals surface area contributed by atoms with Crippen LogP contribution in [-0.4, -0.2) is 35.7 Å². The normalized spacial score (nSPS) is 23.4. The predicted molar refractivity (Wildman–Crippen MR) is 136 cm³/mol. The minimum Gasteiger partial charge on any atom is -0.478 e. The first kappa shape index (κ1) is 31.6. The van der Waals surface area contributed by atoms with E-state index in [1.165, 1.54) is 25.7 Å². The molecule has 0 aromatic carbocycles. The molecule has 0 radical (unpaired) electrons. The lowest BCUT2D eigenvalue weighted by Crippen LogP contribution is -2.38. The maximum absolute atomic E-state index is 11.6. The molecular weight excluding hydrogens is 432 g/mol. The Bertz CT molecular complexity index is 735. The molecule has 2 aliphatic rings. The number of hydrogen-bond acceptors (Lipinski definition) is 5. The molecule has 6 nitrogen and oxygen atoms in total. The van der Waals surface area contributed by atoms with Gasteiger partial charge in [0.05, 0.1) is 6.61 Å². The second-order valence-electron chi connectivity index (χ2n) is 9.98. The van der Waals surface area contributed by atoms with E-state index in [1.807, 2.05) is 6.92 Å². The summed E-state index contributed by atoms with van der Waals surface area (Å²) in [4.78, 5) is 31.9. The number of rotatable bonds is 10. The molecule has 3 atom stereocenters. The van der Waals surface area contributed by atoms with Crippen molar-refractivity contribution in [3.8, 4) is 0 Å². The van der Waals surface area contributed by atoms with Gasteiger partial charge >= 0.3 is 17.9 Å². The van der Waals surface area contributed by atoms with Crippen LogP contribution < -0.4 is 0 Å². The van der Waals surface area contributed by atoms with Gasteiger partial charge in [-0.2, -0.15) is 0 Å². The van der Waals surface area contributed by atoms with Crippen molar-refractivity contribution in [3.05, 3.63) is 37.0 Å². The largest absolute Gasteiger partial charge is 0.478 e. The minimum atomic E-state index is -0.981. The van der Waals surface area contributed by atoms with Crippen molar-refractivity contribution in [2.24, 2.45) is 16.7 Å². The van der Waals surface area contributed by atoms with Crippen molar-refractivity contribution < 1.29 is 29.0 Å². The maximum Gasteiger partial charge on any atom is 0.333 e. The topological polar surface area (TPSA) is 89.9 Å². The highest BCUT2D eigenvalue weighted by Crippen LogP contribution is 2.66. The molecule has 2 bridgehead atoms. The molecule has 34 heavy (non-hydrogen) atoms. The van der Waals surface area contributed by atoms with E-state index in [4.69, 9.17) is 14.6 Å². The Morgan fingerprint density at radius 3 is 2.03 bits per heavy atom. The van der Waals surface area contributed by atoms with E-state index >= 15 is 0 Å². The highest BCUT2D eigenvalue weighted by atomic mass is 16.5. The van der Waals surface area contributed by atoms with Crippen LogP contribution >= 0.6 is 0 Å². The highest BCUT2D eigenvalue weighted by Gasteiger charge is 2.62. The third-order valence-corrected chi connectivity index (χ3v) is 7.43. The Morgan fingerprint density at radius 1 is 1.06 bits per heavy atom. The van der Waals surface area contributed by atoms with Gasteiger partial charge < -0.3 is 14.6 Å². The quantitative estimate of drug-likeness (QED) is 0.215. The summed E-state index contributed by atoms with van der Waals surface area (Å²) in [6, 6.07) is 0. The summed E-state index contributed by atoms with van der Waals surface area (Å²) in [5.74, 6) is -0.737. The molecular formula is C28H46O6. The lowest BCUT2D eigenvalue weighted by Gasteiger charge is -2.38. The summed E-state index contributed by atoms with van der Waals surface area (Å²) in [7, 11) is 0. The summed E-state index contributed by atoms with van der Waals surface area (Å²) >= 11 is 0. The number of carboxylic acids is 1. The van der Waals surface area contributed by atoms with Gasteiger partial charge in [0.2, 0.25) is 0 Å². The molecule has 0 aliphatic heterocycles. The average Bonchev–Trinajstić information content (AvgIpc) is 3.12. The third kappa shape index (κ3) is 9.11. The Labute approximate surface area is 206 Å². The van der Waals surface area contributed by atoms with Crippen molar-refractivity contribution in [3.63, 3.8) is 0 Å². The Hall–Kier alpha value is -2.37. The number of hydrogen-bond donors (Lipinski definition) is 1. The molecule has 6 heteroatoms. The molecule has 0 heterocycles. The van der Waals surface area contributed by atoms with Crippen LogP contribution in [0.2, 0.25) is 0 Å². The van der Waals surface area contributed by atoms with Crippen LogP contribution in [0.3, 0.4) is 0 Å². The molecule has 0 saturated heterocycles. The predicted octanol–water partition coefficient (Wildman–Crippen LogP) is 6.65. The lowest BCUT2D eigenvalue weighted by molar-refractivity contribution is -0.152. The zero-order chi connectivity index (χ0) is 26.5. The zero-order valence-corrected chi connectivity index (χ0v) is 22.2. The third-order valence-electron chi connectivity index (χ3n) is 7.43. The molecule has 0 aromatic heterocycles. The average molecular weight is 479 g/mol. The van der Waals surface area contributed by atoms with Gasteiger partial charge in [-0.15, -0.1) is 0 Å².